The highest BCUT2D eigenvalue weighted by Crippen LogP contribution is 2.23. The molecule has 0 aliphatic carbocycles. The summed E-state index contributed by atoms with van der Waals surface area (Å²) in [5.74, 6) is -4.13. The predicted octanol–water partition coefficient (Wildman–Crippen LogP) is 1.99. The van der Waals surface area contributed by atoms with Gasteiger partial charge >= 0.3 is 11.9 Å². The first-order valence-electron chi connectivity index (χ1n) is 13.1. The second-order valence-corrected chi connectivity index (χ2v) is 10.2. The lowest BCUT2D eigenvalue weighted by molar-refractivity contribution is -0.149. The van der Waals surface area contributed by atoms with Gasteiger partial charge in [-0.1, -0.05) is 56.3 Å². The molecule has 4 atom stereocenters. The zero-order chi connectivity index (χ0) is 29.2. The van der Waals surface area contributed by atoms with E-state index in [1.165, 1.54) is 19.6 Å². The second kappa shape index (κ2) is 14.2. The number of aliphatic carboxylic acids is 1. The normalized spacial score (nSPS) is 14.2. The molecule has 0 bridgehead atoms. The highest BCUT2D eigenvalue weighted by Gasteiger charge is 2.33. The summed E-state index contributed by atoms with van der Waals surface area (Å²) < 4.78 is 4.84. The lowest BCUT2D eigenvalue weighted by atomic mass is 9.91. The van der Waals surface area contributed by atoms with Crippen molar-refractivity contribution in [3.05, 3.63) is 66.2 Å². The van der Waals surface area contributed by atoms with Crippen molar-refractivity contribution in [2.45, 2.75) is 57.7 Å². The molecule has 2 unspecified atom stereocenters. The summed E-state index contributed by atoms with van der Waals surface area (Å²) in [6.45, 7) is 3.67. The second-order valence-electron chi connectivity index (χ2n) is 10.2. The van der Waals surface area contributed by atoms with Gasteiger partial charge in [0.2, 0.25) is 11.8 Å². The number of carbonyl (C=O) groups excluding carboxylic acids is 3. The Morgan fingerprint density at radius 2 is 1.73 bits per heavy atom. The van der Waals surface area contributed by atoms with E-state index in [4.69, 9.17) is 4.74 Å². The van der Waals surface area contributed by atoms with Gasteiger partial charge in [-0.2, -0.15) is 0 Å². The Bertz CT molecular complexity index is 1300. The number of esters is 1. The van der Waals surface area contributed by atoms with Gasteiger partial charge in [-0.25, -0.2) is 9.78 Å². The number of carboxylic acid groups (broad SMARTS) is 1. The fourth-order valence-corrected chi connectivity index (χ4v) is 4.62. The Kier molecular flexibility index (Phi) is 10.8. The number of hydrogen-bond donors (Lipinski definition) is 5. The van der Waals surface area contributed by atoms with E-state index in [1.807, 2.05) is 56.3 Å². The Balaban J connectivity index is 1.87. The summed E-state index contributed by atoms with van der Waals surface area (Å²) in [6, 6.07) is 11.2. The van der Waals surface area contributed by atoms with Crippen molar-refractivity contribution < 1.29 is 34.1 Å². The molecule has 214 valence electrons. The maximum Gasteiger partial charge on any atom is 0.334 e. The number of nitrogens with one attached hydrogen (secondary N) is 3. The molecular formula is C29H36N4O7. The largest absolute Gasteiger partial charge is 0.479 e. The average Bonchev–Trinajstić information content (AvgIpc) is 3.44. The van der Waals surface area contributed by atoms with Crippen LogP contribution in [0, 0.1) is 11.8 Å². The van der Waals surface area contributed by atoms with Crippen molar-refractivity contribution in [2.75, 3.05) is 7.11 Å². The highest BCUT2D eigenvalue weighted by molar-refractivity contribution is 5.92. The van der Waals surface area contributed by atoms with Crippen LogP contribution in [0.5, 0.6) is 0 Å². The van der Waals surface area contributed by atoms with Crippen LogP contribution >= 0.6 is 0 Å². The first kappa shape index (κ1) is 30.3. The summed E-state index contributed by atoms with van der Waals surface area (Å²) in [7, 11) is 1.24. The van der Waals surface area contributed by atoms with Crippen LogP contribution in [-0.2, 0) is 36.8 Å². The van der Waals surface area contributed by atoms with E-state index in [0.717, 1.165) is 16.3 Å². The van der Waals surface area contributed by atoms with Crippen molar-refractivity contribution in [3.63, 3.8) is 0 Å². The summed E-state index contributed by atoms with van der Waals surface area (Å²) in [5, 5.41) is 26.8. The summed E-state index contributed by atoms with van der Waals surface area (Å²) in [5.41, 5.74) is 1.41. The molecule has 1 heterocycles. The number of fused-ring (bicyclic) bond motifs is 1. The molecule has 1 aromatic heterocycles. The molecule has 0 radical (unpaired) electrons. The fourth-order valence-electron chi connectivity index (χ4n) is 4.62. The molecule has 3 aromatic rings. The fraction of sp³-hybridized carbons (Fsp3) is 0.414. The molecule has 0 aliphatic heterocycles. The SMILES string of the molecule is COC(=O)CC(Cc1cccc2ccccc12)C(=O)N[C@@H](Cc1cnc[nH]1)C(=O)N[C@@H](CC(C)C)C(O)C(=O)O. The van der Waals surface area contributed by atoms with Crippen LogP contribution in [0.1, 0.15) is 37.9 Å². The van der Waals surface area contributed by atoms with Crippen LogP contribution in [-0.4, -0.2) is 69.2 Å². The number of nitrogens with zero attached hydrogens (tertiary/aromatic N) is 1. The van der Waals surface area contributed by atoms with Gasteiger partial charge < -0.3 is 30.6 Å². The number of aliphatic hydroxyl groups excluding tert-OH is 1. The third-order valence-electron chi connectivity index (χ3n) is 6.66. The van der Waals surface area contributed by atoms with Crippen molar-refractivity contribution in [1.82, 2.24) is 20.6 Å². The van der Waals surface area contributed by atoms with Crippen LogP contribution in [0.4, 0.5) is 0 Å². The van der Waals surface area contributed by atoms with Crippen molar-refractivity contribution in [2.24, 2.45) is 11.8 Å². The minimum Gasteiger partial charge on any atom is -0.479 e. The van der Waals surface area contributed by atoms with Crippen LogP contribution in [0.15, 0.2) is 55.0 Å². The number of carbonyl (C=O) groups is 4. The molecule has 0 fully saturated rings. The zero-order valence-corrected chi connectivity index (χ0v) is 22.8. The Hall–Kier alpha value is -4.25. The third kappa shape index (κ3) is 8.37. The van der Waals surface area contributed by atoms with Gasteiger partial charge in [-0.15, -0.1) is 0 Å². The number of benzene rings is 2. The van der Waals surface area contributed by atoms with Gasteiger partial charge in [0.05, 0.1) is 31.8 Å². The lowest BCUT2D eigenvalue weighted by Gasteiger charge is -2.27. The van der Waals surface area contributed by atoms with Gasteiger partial charge in [0.1, 0.15) is 6.04 Å². The van der Waals surface area contributed by atoms with Gasteiger partial charge in [-0.05, 0) is 35.1 Å². The molecule has 11 nitrogen and oxygen atoms in total. The van der Waals surface area contributed by atoms with Crippen molar-refractivity contribution in [1.29, 1.82) is 0 Å². The number of H-pyrrole nitrogens is 1. The van der Waals surface area contributed by atoms with E-state index >= 15 is 0 Å². The standard InChI is InChI=1S/C29H36N4O7/c1-17(2)11-23(26(35)29(38)39)32-28(37)24(14-21-15-30-16-31-21)33-27(36)20(13-25(34)40-3)12-19-9-6-8-18-7-4-5-10-22(18)19/h4-10,15-17,20,23-24,26,35H,11-14H2,1-3H3,(H,30,31)(H,32,37)(H,33,36)(H,38,39)/t20?,23-,24-,26?/m0/s1. The van der Waals surface area contributed by atoms with E-state index in [0.29, 0.717) is 5.69 Å². The number of methoxy groups -OCH3 is 1. The van der Waals surface area contributed by atoms with Crippen molar-refractivity contribution in [3.8, 4) is 0 Å². The number of carboxylic acids is 1. The minimum atomic E-state index is -1.83. The molecule has 11 heteroatoms. The van der Waals surface area contributed by atoms with Crippen LogP contribution < -0.4 is 10.6 Å². The lowest BCUT2D eigenvalue weighted by Crippen LogP contribution is -2.55. The molecule has 0 spiro atoms. The molecule has 2 amide bonds. The van der Waals surface area contributed by atoms with Gasteiger partial charge in [0.15, 0.2) is 6.10 Å². The number of aliphatic hydroxyl groups is 1. The first-order valence-corrected chi connectivity index (χ1v) is 13.1. The maximum absolute atomic E-state index is 13.6. The van der Waals surface area contributed by atoms with Gasteiger partial charge in [0, 0.05) is 18.3 Å². The van der Waals surface area contributed by atoms with E-state index in [9.17, 15) is 29.4 Å². The number of amides is 2. The van der Waals surface area contributed by atoms with E-state index in [-0.39, 0.29) is 31.6 Å². The highest BCUT2D eigenvalue weighted by atomic mass is 16.5. The van der Waals surface area contributed by atoms with Gasteiger partial charge in [0.25, 0.3) is 0 Å². The smallest absolute Gasteiger partial charge is 0.334 e. The molecule has 0 aliphatic rings. The zero-order valence-electron chi connectivity index (χ0n) is 22.8. The number of rotatable bonds is 14. The molecule has 3 rings (SSSR count). The Morgan fingerprint density at radius 3 is 2.38 bits per heavy atom. The minimum absolute atomic E-state index is 0.0222. The third-order valence-corrected chi connectivity index (χ3v) is 6.66. The number of ether oxygens (including phenoxy) is 1. The number of aromatic nitrogens is 2. The van der Waals surface area contributed by atoms with E-state index in [2.05, 4.69) is 20.6 Å². The molecule has 2 aromatic carbocycles. The number of hydrogen-bond acceptors (Lipinski definition) is 7. The quantitative estimate of drug-likeness (QED) is 0.189. The maximum atomic E-state index is 13.6. The monoisotopic (exact) mass is 552 g/mol. The summed E-state index contributed by atoms with van der Waals surface area (Å²) in [6.07, 6.45) is 1.35. The number of aromatic amines is 1. The Labute approximate surface area is 232 Å². The molecular weight excluding hydrogens is 516 g/mol. The van der Waals surface area contributed by atoms with Crippen LogP contribution in [0.25, 0.3) is 10.8 Å². The molecule has 0 saturated carbocycles. The topological polar surface area (TPSA) is 171 Å². The Morgan fingerprint density at radius 1 is 1.00 bits per heavy atom. The van der Waals surface area contributed by atoms with Crippen LogP contribution in [0.2, 0.25) is 0 Å². The van der Waals surface area contributed by atoms with E-state index in [1.54, 1.807) is 0 Å². The predicted molar refractivity (Wildman–Crippen MR) is 147 cm³/mol. The van der Waals surface area contributed by atoms with Crippen molar-refractivity contribution >= 4 is 34.5 Å². The summed E-state index contributed by atoms with van der Waals surface area (Å²) in [4.78, 5) is 57.6. The number of imidazole rings is 1. The average molecular weight is 553 g/mol. The molecule has 5 N–H and O–H groups in total. The summed E-state index contributed by atoms with van der Waals surface area (Å²) >= 11 is 0. The van der Waals surface area contributed by atoms with Crippen LogP contribution in [0.3, 0.4) is 0 Å². The van der Waals surface area contributed by atoms with Gasteiger partial charge in [-0.3, -0.25) is 14.4 Å². The van der Waals surface area contributed by atoms with E-state index < -0.39 is 47.9 Å². The molecule has 40 heavy (non-hydrogen) atoms. The molecule has 0 saturated heterocycles. The first-order chi connectivity index (χ1) is 19.1.